The second kappa shape index (κ2) is 5.45. The van der Waals surface area contributed by atoms with Crippen LogP contribution in [0.2, 0.25) is 0 Å². The summed E-state index contributed by atoms with van der Waals surface area (Å²) in [7, 11) is 0. The maximum atomic E-state index is 4.06. The molecule has 1 aromatic carbocycles. The summed E-state index contributed by atoms with van der Waals surface area (Å²) in [6, 6.07) is 8.35. The van der Waals surface area contributed by atoms with Gasteiger partial charge in [-0.05, 0) is 17.7 Å². The molecule has 0 aliphatic rings. The van der Waals surface area contributed by atoms with Gasteiger partial charge in [0, 0.05) is 24.6 Å². The predicted octanol–water partition coefficient (Wildman–Crippen LogP) is 1.28. The molecule has 2 aromatic heterocycles. The highest BCUT2D eigenvalue weighted by Crippen LogP contribution is 2.09. The normalized spacial score (nSPS) is 10.7. The lowest BCUT2D eigenvalue weighted by Gasteiger charge is -2.05. The zero-order chi connectivity index (χ0) is 12.9. The summed E-state index contributed by atoms with van der Waals surface area (Å²) in [5.41, 5.74) is 2.33. The maximum absolute atomic E-state index is 4.06. The maximum Gasteiger partial charge on any atom is 0.138 e. The molecule has 3 aromatic rings. The summed E-state index contributed by atoms with van der Waals surface area (Å²) in [4.78, 5) is 8.09. The van der Waals surface area contributed by atoms with E-state index in [1.165, 1.54) is 11.9 Å². The van der Waals surface area contributed by atoms with Crippen LogP contribution in [-0.4, -0.2) is 24.7 Å². The highest BCUT2D eigenvalue weighted by atomic mass is 15.2. The minimum absolute atomic E-state index is 0.684. The summed E-state index contributed by atoms with van der Waals surface area (Å²) >= 11 is 0. The molecule has 0 aliphatic carbocycles. The molecule has 6 nitrogen and oxygen atoms in total. The highest BCUT2D eigenvalue weighted by molar-refractivity contribution is 5.34. The van der Waals surface area contributed by atoms with Gasteiger partial charge in [0.05, 0.1) is 12.9 Å². The molecule has 0 atom stereocenters. The van der Waals surface area contributed by atoms with Gasteiger partial charge in [0.1, 0.15) is 12.2 Å². The molecule has 2 N–H and O–H groups in total. The lowest BCUT2D eigenvalue weighted by Crippen LogP contribution is -2.13. The van der Waals surface area contributed by atoms with Crippen molar-refractivity contribution in [1.82, 2.24) is 30.0 Å². The van der Waals surface area contributed by atoms with Crippen LogP contribution in [0.25, 0.3) is 5.69 Å². The molecule has 6 heteroatoms. The zero-order valence-electron chi connectivity index (χ0n) is 10.3. The number of benzene rings is 1. The van der Waals surface area contributed by atoms with E-state index < -0.39 is 0 Å². The fourth-order valence-electron chi connectivity index (χ4n) is 1.84. The number of H-pyrrole nitrogens is 1. The summed E-state index contributed by atoms with van der Waals surface area (Å²) in [6.07, 6.45) is 7.00. The molecule has 0 spiro atoms. The lowest BCUT2D eigenvalue weighted by molar-refractivity contribution is 0.665. The number of nitrogens with zero attached hydrogens (tertiary/aromatic N) is 4. The molecule has 3 rings (SSSR count). The minimum atomic E-state index is 0.684. The van der Waals surface area contributed by atoms with Crippen LogP contribution in [0.4, 0.5) is 0 Å². The molecule has 0 bridgehead atoms. The third-order valence-corrected chi connectivity index (χ3v) is 2.83. The SMILES string of the molecule is c1cn(-c2ccc(CNCc3ncn[nH]3)cc2)cn1. The number of imidazole rings is 1. The van der Waals surface area contributed by atoms with E-state index in [9.17, 15) is 0 Å². The van der Waals surface area contributed by atoms with Gasteiger partial charge < -0.3 is 9.88 Å². The Morgan fingerprint density at radius 1 is 1.16 bits per heavy atom. The Balaban J connectivity index is 1.57. The Kier molecular flexibility index (Phi) is 3.33. The molecule has 0 radical (unpaired) electrons. The van der Waals surface area contributed by atoms with Crippen molar-refractivity contribution in [2.45, 2.75) is 13.1 Å². The molecule has 0 aliphatic heterocycles. The Labute approximate surface area is 110 Å². The average molecular weight is 254 g/mol. The number of aromatic amines is 1. The quantitative estimate of drug-likeness (QED) is 0.719. The lowest BCUT2D eigenvalue weighted by atomic mass is 10.2. The van der Waals surface area contributed by atoms with Gasteiger partial charge in [-0.1, -0.05) is 12.1 Å². The van der Waals surface area contributed by atoms with E-state index in [1.807, 2.05) is 10.8 Å². The molecule has 96 valence electrons. The largest absolute Gasteiger partial charge is 0.306 e. The summed E-state index contributed by atoms with van der Waals surface area (Å²) in [5, 5.41) is 9.93. The summed E-state index contributed by atoms with van der Waals surface area (Å²) in [6.45, 7) is 1.48. The second-order valence-corrected chi connectivity index (χ2v) is 4.17. The van der Waals surface area contributed by atoms with E-state index in [2.05, 4.69) is 49.7 Å². The molecule has 0 fully saturated rings. The average Bonchev–Trinajstić information content (AvgIpc) is 3.13. The van der Waals surface area contributed by atoms with Crippen molar-refractivity contribution in [3.63, 3.8) is 0 Å². The van der Waals surface area contributed by atoms with Gasteiger partial charge in [-0.15, -0.1) is 0 Å². The molecule has 0 unspecified atom stereocenters. The van der Waals surface area contributed by atoms with Crippen LogP contribution in [-0.2, 0) is 13.1 Å². The molecular weight excluding hydrogens is 240 g/mol. The van der Waals surface area contributed by atoms with E-state index in [-0.39, 0.29) is 0 Å². The van der Waals surface area contributed by atoms with Crippen molar-refractivity contribution in [1.29, 1.82) is 0 Å². The fourth-order valence-corrected chi connectivity index (χ4v) is 1.84. The third kappa shape index (κ3) is 2.86. The van der Waals surface area contributed by atoms with Gasteiger partial charge >= 0.3 is 0 Å². The van der Waals surface area contributed by atoms with Crippen LogP contribution < -0.4 is 5.32 Å². The smallest absolute Gasteiger partial charge is 0.138 e. The first-order chi connectivity index (χ1) is 9.42. The predicted molar refractivity (Wildman–Crippen MR) is 70.5 cm³/mol. The third-order valence-electron chi connectivity index (χ3n) is 2.83. The monoisotopic (exact) mass is 254 g/mol. The second-order valence-electron chi connectivity index (χ2n) is 4.17. The number of hydrogen-bond donors (Lipinski definition) is 2. The molecule has 0 saturated carbocycles. The van der Waals surface area contributed by atoms with Crippen LogP contribution in [0, 0.1) is 0 Å². The Bertz CT molecular complexity index is 597. The van der Waals surface area contributed by atoms with E-state index in [0.29, 0.717) is 6.54 Å². The minimum Gasteiger partial charge on any atom is -0.306 e. The topological polar surface area (TPSA) is 71.4 Å². The van der Waals surface area contributed by atoms with Crippen LogP contribution in [0.5, 0.6) is 0 Å². The number of nitrogens with one attached hydrogen (secondary N) is 2. The Morgan fingerprint density at radius 3 is 2.74 bits per heavy atom. The van der Waals surface area contributed by atoms with Crippen molar-refractivity contribution < 1.29 is 0 Å². The van der Waals surface area contributed by atoms with Gasteiger partial charge in [-0.25, -0.2) is 9.97 Å². The van der Waals surface area contributed by atoms with Crippen molar-refractivity contribution >= 4 is 0 Å². The standard InChI is InChI=1S/C13H14N6/c1-3-12(19-6-5-14-10-19)4-2-11(1)7-15-8-13-16-9-17-18-13/h1-6,9-10,15H,7-8H2,(H,16,17,18). The molecule has 2 heterocycles. The summed E-state index contributed by atoms with van der Waals surface area (Å²) in [5.74, 6) is 0.843. The van der Waals surface area contributed by atoms with Gasteiger partial charge in [-0.2, -0.15) is 5.10 Å². The first kappa shape index (κ1) is 11.6. The van der Waals surface area contributed by atoms with Crippen molar-refractivity contribution in [2.24, 2.45) is 0 Å². The van der Waals surface area contributed by atoms with Crippen molar-refractivity contribution in [3.05, 3.63) is 60.7 Å². The van der Waals surface area contributed by atoms with E-state index >= 15 is 0 Å². The van der Waals surface area contributed by atoms with Crippen molar-refractivity contribution in [3.8, 4) is 5.69 Å². The van der Waals surface area contributed by atoms with E-state index in [4.69, 9.17) is 0 Å². The molecule has 0 saturated heterocycles. The zero-order valence-corrected chi connectivity index (χ0v) is 10.3. The van der Waals surface area contributed by atoms with Gasteiger partial charge in [0.2, 0.25) is 0 Å². The number of aromatic nitrogens is 5. The first-order valence-electron chi connectivity index (χ1n) is 6.04. The van der Waals surface area contributed by atoms with Gasteiger partial charge in [-0.3, -0.25) is 5.10 Å². The molecule has 0 amide bonds. The Morgan fingerprint density at radius 2 is 2.05 bits per heavy atom. The van der Waals surface area contributed by atoms with E-state index in [1.54, 1.807) is 12.5 Å². The first-order valence-corrected chi connectivity index (χ1v) is 6.04. The molecule has 19 heavy (non-hydrogen) atoms. The highest BCUT2D eigenvalue weighted by Gasteiger charge is 1.98. The van der Waals surface area contributed by atoms with Crippen LogP contribution in [0.3, 0.4) is 0 Å². The number of rotatable bonds is 5. The number of hydrogen-bond acceptors (Lipinski definition) is 4. The van der Waals surface area contributed by atoms with Crippen LogP contribution in [0.1, 0.15) is 11.4 Å². The van der Waals surface area contributed by atoms with Crippen LogP contribution in [0.15, 0.2) is 49.3 Å². The molecular formula is C13H14N6. The van der Waals surface area contributed by atoms with Crippen LogP contribution >= 0.6 is 0 Å². The van der Waals surface area contributed by atoms with Gasteiger partial charge in [0.15, 0.2) is 0 Å². The Hall–Kier alpha value is -2.47. The van der Waals surface area contributed by atoms with E-state index in [0.717, 1.165) is 18.1 Å². The summed E-state index contributed by atoms with van der Waals surface area (Å²) < 4.78 is 1.98. The van der Waals surface area contributed by atoms with Gasteiger partial charge in [0.25, 0.3) is 0 Å². The van der Waals surface area contributed by atoms with Crippen molar-refractivity contribution in [2.75, 3.05) is 0 Å². The fraction of sp³-hybridized carbons (Fsp3) is 0.154.